The van der Waals surface area contributed by atoms with Gasteiger partial charge in [-0.15, -0.1) is 0 Å². The zero-order chi connectivity index (χ0) is 19.3. The van der Waals surface area contributed by atoms with Gasteiger partial charge in [0, 0.05) is 24.2 Å². The van der Waals surface area contributed by atoms with E-state index in [9.17, 15) is 4.79 Å². The van der Waals surface area contributed by atoms with E-state index in [1.165, 1.54) is 11.9 Å². The summed E-state index contributed by atoms with van der Waals surface area (Å²) in [5.74, 6) is 0.289. The van der Waals surface area contributed by atoms with Crippen molar-refractivity contribution in [3.05, 3.63) is 90.0 Å². The third-order valence-electron chi connectivity index (χ3n) is 4.34. The van der Waals surface area contributed by atoms with Crippen molar-refractivity contribution in [2.24, 2.45) is 0 Å². The van der Waals surface area contributed by atoms with Crippen LogP contribution in [0.4, 0.5) is 11.5 Å². The van der Waals surface area contributed by atoms with Crippen molar-refractivity contribution in [1.29, 1.82) is 0 Å². The standard InChI is InChI=1S/C22H19N5O/c1-15-5-2-6-16(11-15)13-24-20-12-19(25-14-26-20)22(28)27-18-9-3-7-17-8-4-10-23-21(17)18/h2-12,14H,13H2,1H3,(H,27,28)(H,24,25,26). The highest BCUT2D eigenvalue weighted by Crippen LogP contribution is 2.21. The van der Waals surface area contributed by atoms with Crippen molar-refractivity contribution in [1.82, 2.24) is 15.0 Å². The molecule has 6 heteroatoms. The topological polar surface area (TPSA) is 79.8 Å². The number of aryl methyl sites for hydroxylation is 1. The van der Waals surface area contributed by atoms with Crippen LogP contribution < -0.4 is 10.6 Å². The zero-order valence-corrected chi connectivity index (χ0v) is 15.4. The minimum atomic E-state index is -0.306. The van der Waals surface area contributed by atoms with Crippen LogP contribution in [0.1, 0.15) is 21.6 Å². The minimum Gasteiger partial charge on any atom is -0.366 e. The zero-order valence-electron chi connectivity index (χ0n) is 15.4. The fraction of sp³-hybridized carbons (Fsp3) is 0.0909. The number of amides is 1. The Hall–Kier alpha value is -3.80. The molecule has 0 unspecified atom stereocenters. The van der Waals surface area contributed by atoms with E-state index in [-0.39, 0.29) is 11.6 Å². The molecule has 0 spiro atoms. The summed E-state index contributed by atoms with van der Waals surface area (Å²) in [5, 5.41) is 7.09. The summed E-state index contributed by atoms with van der Waals surface area (Å²) in [6, 6.07) is 19.3. The highest BCUT2D eigenvalue weighted by molar-refractivity contribution is 6.07. The summed E-state index contributed by atoms with van der Waals surface area (Å²) in [6.45, 7) is 2.67. The summed E-state index contributed by atoms with van der Waals surface area (Å²) in [6.07, 6.45) is 3.09. The Balaban J connectivity index is 1.49. The first kappa shape index (κ1) is 17.6. The van der Waals surface area contributed by atoms with Crippen LogP contribution in [0.25, 0.3) is 10.9 Å². The molecule has 2 aromatic heterocycles. The Labute approximate surface area is 162 Å². The number of anilines is 2. The van der Waals surface area contributed by atoms with Gasteiger partial charge in [-0.2, -0.15) is 0 Å². The van der Waals surface area contributed by atoms with Gasteiger partial charge in [-0.25, -0.2) is 9.97 Å². The number of nitrogens with zero attached hydrogens (tertiary/aromatic N) is 3. The molecule has 0 aliphatic carbocycles. The third kappa shape index (κ3) is 3.96. The minimum absolute atomic E-state index is 0.287. The highest BCUT2D eigenvalue weighted by Gasteiger charge is 2.11. The summed E-state index contributed by atoms with van der Waals surface area (Å²) in [4.78, 5) is 25.3. The summed E-state index contributed by atoms with van der Waals surface area (Å²) >= 11 is 0. The van der Waals surface area contributed by atoms with Crippen molar-refractivity contribution < 1.29 is 4.79 Å². The first-order chi connectivity index (χ1) is 13.7. The molecule has 1 amide bonds. The number of carbonyl (C=O) groups excluding carboxylic acids is 1. The molecule has 0 saturated carbocycles. The molecule has 0 saturated heterocycles. The van der Waals surface area contributed by atoms with Crippen LogP contribution in [0.3, 0.4) is 0 Å². The number of hydrogen-bond acceptors (Lipinski definition) is 5. The van der Waals surface area contributed by atoms with Gasteiger partial charge in [0.2, 0.25) is 0 Å². The van der Waals surface area contributed by atoms with Crippen molar-refractivity contribution in [3.63, 3.8) is 0 Å². The Kier molecular flexibility index (Phi) is 4.93. The van der Waals surface area contributed by atoms with Crippen LogP contribution in [0, 0.1) is 6.92 Å². The first-order valence-electron chi connectivity index (χ1n) is 8.95. The molecule has 4 aromatic rings. The number of nitrogens with one attached hydrogen (secondary N) is 2. The van der Waals surface area contributed by atoms with Gasteiger partial charge in [0.05, 0.1) is 11.2 Å². The Morgan fingerprint density at radius 3 is 2.71 bits per heavy atom. The molecule has 28 heavy (non-hydrogen) atoms. The SMILES string of the molecule is Cc1cccc(CNc2cc(C(=O)Nc3cccc4cccnc34)ncn2)c1. The van der Waals surface area contributed by atoms with E-state index in [4.69, 9.17) is 0 Å². The van der Waals surface area contributed by atoms with Gasteiger partial charge in [-0.1, -0.05) is 48.0 Å². The predicted octanol–water partition coefficient (Wildman–Crippen LogP) is 4.20. The Morgan fingerprint density at radius 2 is 1.82 bits per heavy atom. The lowest BCUT2D eigenvalue weighted by Crippen LogP contribution is -2.15. The Bertz CT molecular complexity index is 1140. The summed E-state index contributed by atoms with van der Waals surface area (Å²) < 4.78 is 0. The van der Waals surface area contributed by atoms with Crippen LogP contribution in [0.15, 0.2) is 73.2 Å². The van der Waals surface area contributed by atoms with Gasteiger partial charge in [-0.3, -0.25) is 9.78 Å². The Morgan fingerprint density at radius 1 is 0.964 bits per heavy atom. The highest BCUT2D eigenvalue weighted by atomic mass is 16.1. The van der Waals surface area contributed by atoms with Gasteiger partial charge in [0.1, 0.15) is 17.8 Å². The van der Waals surface area contributed by atoms with E-state index >= 15 is 0 Å². The van der Waals surface area contributed by atoms with Gasteiger partial charge in [0.25, 0.3) is 5.91 Å². The summed E-state index contributed by atoms with van der Waals surface area (Å²) in [7, 11) is 0. The number of benzene rings is 2. The lowest BCUT2D eigenvalue weighted by Gasteiger charge is -2.09. The van der Waals surface area contributed by atoms with Gasteiger partial charge in [-0.05, 0) is 24.6 Å². The molecule has 2 heterocycles. The molecule has 0 aliphatic rings. The second kappa shape index (κ2) is 7.84. The normalized spacial score (nSPS) is 10.6. The second-order valence-electron chi connectivity index (χ2n) is 6.47. The molecule has 2 N–H and O–H groups in total. The average Bonchev–Trinajstić information content (AvgIpc) is 2.73. The number of rotatable bonds is 5. The van der Waals surface area contributed by atoms with E-state index in [0.29, 0.717) is 18.1 Å². The molecule has 0 fully saturated rings. The molecular formula is C22H19N5O. The van der Waals surface area contributed by atoms with Gasteiger partial charge >= 0.3 is 0 Å². The van der Waals surface area contributed by atoms with Crippen molar-refractivity contribution in [3.8, 4) is 0 Å². The number of aromatic nitrogens is 3. The van der Waals surface area contributed by atoms with E-state index in [1.807, 2.05) is 42.5 Å². The van der Waals surface area contributed by atoms with Gasteiger partial charge < -0.3 is 10.6 Å². The maximum absolute atomic E-state index is 12.7. The van der Waals surface area contributed by atoms with Crippen LogP contribution in [-0.4, -0.2) is 20.9 Å². The van der Waals surface area contributed by atoms with Crippen molar-refractivity contribution in [2.75, 3.05) is 10.6 Å². The molecular weight excluding hydrogens is 350 g/mol. The van der Waals surface area contributed by atoms with E-state index < -0.39 is 0 Å². The molecule has 0 aliphatic heterocycles. The third-order valence-corrected chi connectivity index (χ3v) is 4.34. The largest absolute Gasteiger partial charge is 0.366 e. The van der Waals surface area contributed by atoms with Gasteiger partial charge in [0.15, 0.2) is 0 Å². The molecule has 2 aromatic carbocycles. The molecule has 4 rings (SSSR count). The number of hydrogen-bond donors (Lipinski definition) is 2. The van der Waals surface area contributed by atoms with Crippen LogP contribution in [-0.2, 0) is 6.54 Å². The molecule has 0 atom stereocenters. The number of fused-ring (bicyclic) bond motifs is 1. The van der Waals surface area contributed by atoms with Crippen LogP contribution >= 0.6 is 0 Å². The predicted molar refractivity (Wildman–Crippen MR) is 110 cm³/mol. The quantitative estimate of drug-likeness (QED) is 0.551. The van der Waals surface area contributed by atoms with E-state index in [0.717, 1.165) is 16.5 Å². The molecule has 0 radical (unpaired) electrons. The summed E-state index contributed by atoms with van der Waals surface area (Å²) in [5.41, 5.74) is 4.02. The molecule has 6 nitrogen and oxygen atoms in total. The smallest absolute Gasteiger partial charge is 0.274 e. The number of pyridine rings is 1. The molecule has 138 valence electrons. The van der Waals surface area contributed by atoms with Crippen molar-refractivity contribution >= 4 is 28.3 Å². The van der Waals surface area contributed by atoms with Crippen LogP contribution in [0.5, 0.6) is 0 Å². The molecule has 0 bridgehead atoms. The van der Waals surface area contributed by atoms with E-state index in [1.54, 1.807) is 12.3 Å². The lowest BCUT2D eigenvalue weighted by atomic mass is 10.1. The fourth-order valence-corrected chi connectivity index (χ4v) is 2.98. The first-order valence-corrected chi connectivity index (χ1v) is 8.95. The number of para-hydroxylation sites is 1. The fourth-order valence-electron chi connectivity index (χ4n) is 2.98. The van der Waals surface area contributed by atoms with Crippen molar-refractivity contribution in [2.45, 2.75) is 13.5 Å². The number of carbonyl (C=O) groups is 1. The monoisotopic (exact) mass is 369 g/mol. The second-order valence-corrected chi connectivity index (χ2v) is 6.47. The lowest BCUT2D eigenvalue weighted by molar-refractivity contribution is 0.102. The maximum atomic E-state index is 12.7. The maximum Gasteiger partial charge on any atom is 0.274 e. The van der Waals surface area contributed by atoms with E-state index in [2.05, 4.69) is 44.6 Å². The average molecular weight is 369 g/mol. The van der Waals surface area contributed by atoms with Crippen LogP contribution in [0.2, 0.25) is 0 Å².